The summed E-state index contributed by atoms with van der Waals surface area (Å²) in [7, 11) is 0. The van der Waals surface area contributed by atoms with E-state index in [1.54, 1.807) is 11.3 Å². The molecule has 0 radical (unpaired) electrons. The minimum absolute atomic E-state index is 0.0372. The van der Waals surface area contributed by atoms with Crippen molar-refractivity contribution in [3.8, 4) is 11.4 Å². The van der Waals surface area contributed by atoms with Gasteiger partial charge in [0, 0.05) is 57.2 Å². The van der Waals surface area contributed by atoms with Crippen molar-refractivity contribution in [3.63, 3.8) is 0 Å². The molecule has 0 bridgehead atoms. The maximum absolute atomic E-state index is 15.3. The van der Waals surface area contributed by atoms with Crippen molar-refractivity contribution in [1.29, 1.82) is 0 Å². The molecule has 3 aliphatic rings. The highest BCUT2D eigenvalue weighted by Crippen LogP contribution is 2.39. The largest absolute Gasteiger partial charge is 0.378 e. The van der Waals surface area contributed by atoms with E-state index in [9.17, 15) is 4.48 Å². The molecule has 206 valence electrons. The van der Waals surface area contributed by atoms with Gasteiger partial charge in [-0.25, -0.2) is 18.7 Å². The third-order valence-corrected chi connectivity index (χ3v) is 9.28. The van der Waals surface area contributed by atoms with Crippen molar-refractivity contribution in [2.45, 2.75) is 26.3 Å². The van der Waals surface area contributed by atoms with Crippen molar-refractivity contribution in [2.75, 3.05) is 63.9 Å². The molecule has 7 nitrogen and oxygen atoms in total. The first-order chi connectivity index (χ1) is 19.0. The van der Waals surface area contributed by atoms with Crippen molar-refractivity contribution >= 4 is 38.3 Å². The summed E-state index contributed by atoms with van der Waals surface area (Å²) in [6, 6.07) is 4.45. The molecule has 2 saturated heterocycles. The van der Waals surface area contributed by atoms with Gasteiger partial charge in [0.05, 0.1) is 45.6 Å². The van der Waals surface area contributed by atoms with Crippen molar-refractivity contribution < 1.29 is 18.0 Å². The minimum Gasteiger partial charge on any atom is -0.378 e. The van der Waals surface area contributed by atoms with Gasteiger partial charge in [-0.05, 0) is 43.9 Å². The lowest BCUT2D eigenvalue weighted by Crippen LogP contribution is -2.46. The highest BCUT2D eigenvalue weighted by atomic mass is 32.1. The molecule has 3 fully saturated rings. The Morgan fingerprint density at radius 2 is 1.74 bits per heavy atom. The third kappa shape index (κ3) is 4.69. The highest BCUT2D eigenvalue weighted by molar-refractivity contribution is 7.19. The Balaban J connectivity index is 1.27. The first kappa shape index (κ1) is 25.3. The molecule has 0 N–H and O–H groups in total. The number of hydrogen-bond acceptors (Lipinski definition) is 7. The summed E-state index contributed by atoms with van der Waals surface area (Å²) >= 11 is 1.66. The highest BCUT2D eigenvalue weighted by Gasteiger charge is 2.28. The van der Waals surface area contributed by atoms with Gasteiger partial charge in [0.2, 0.25) is 0 Å². The first-order valence-electron chi connectivity index (χ1n) is 13.7. The van der Waals surface area contributed by atoms with Crippen LogP contribution < -0.4 is 4.90 Å². The van der Waals surface area contributed by atoms with Crippen LogP contribution in [0.25, 0.3) is 32.5 Å². The van der Waals surface area contributed by atoms with Crippen LogP contribution in [0.2, 0.25) is 0 Å². The minimum atomic E-state index is -0.801. The fourth-order valence-corrected chi connectivity index (χ4v) is 6.93. The normalized spacial score (nSPS) is 19.5. The van der Waals surface area contributed by atoms with E-state index in [4.69, 9.17) is 14.7 Å². The summed E-state index contributed by atoms with van der Waals surface area (Å²) in [6.45, 7) is 10.0. The molecule has 0 amide bonds. The Hall–Kier alpha value is -2.73. The van der Waals surface area contributed by atoms with E-state index in [0.717, 1.165) is 54.3 Å². The molecule has 2 aliphatic heterocycles. The number of halogens is 3. The second-order valence-corrected chi connectivity index (χ2v) is 12.1. The van der Waals surface area contributed by atoms with Crippen LogP contribution in [-0.2, 0) is 11.3 Å². The van der Waals surface area contributed by atoms with Crippen LogP contribution in [0.1, 0.15) is 23.4 Å². The number of piperazine rings is 1. The predicted molar refractivity (Wildman–Crippen MR) is 147 cm³/mol. The Bertz CT molecular complexity index is 1540. The van der Waals surface area contributed by atoms with Gasteiger partial charge >= 0.3 is 0 Å². The number of aromatic nitrogens is 3. The average molecular weight is 557 g/mol. The van der Waals surface area contributed by atoms with E-state index >= 15 is 8.78 Å². The molecule has 39 heavy (non-hydrogen) atoms. The number of rotatable bonds is 6. The molecule has 1 saturated carbocycles. The lowest BCUT2D eigenvalue weighted by molar-refractivity contribution is 0.122. The van der Waals surface area contributed by atoms with Gasteiger partial charge in [-0.15, -0.1) is 11.3 Å². The molecule has 4 aromatic rings. The molecule has 7 rings (SSSR count). The second-order valence-electron chi connectivity index (χ2n) is 10.9. The number of morpholine rings is 1. The maximum Gasteiger partial charge on any atom is 0.165 e. The molecule has 11 heteroatoms. The summed E-state index contributed by atoms with van der Waals surface area (Å²) in [5.41, 5.74) is 0.341. The second kappa shape index (κ2) is 10.0. The number of hydrogen-bond donors (Lipinski definition) is 0. The Labute approximate surface area is 228 Å². The van der Waals surface area contributed by atoms with E-state index in [1.165, 1.54) is 32.4 Å². The number of anilines is 1. The van der Waals surface area contributed by atoms with Crippen LogP contribution in [0.5, 0.6) is 0 Å². The molecule has 0 unspecified atom stereocenters. The number of fused-ring (bicyclic) bond motifs is 2. The van der Waals surface area contributed by atoms with Gasteiger partial charge in [-0.2, -0.15) is 4.79 Å². The maximum atomic E-state index is 15.3. The van der Waals surface area contributed by atoms with Gasteiger partial charge < -0.3 is 14.5 Å². The standard InChI is InChI=1S/C28H31F3N6OS/c1-17-25(30)24-22(37(17)31)5-4-20(29)23(24)27-32-21-14-19(16-35-8-6-34(7-9-35)15-18-2-3-18)39-26(21)28(33-27)36-10-12-38-13-11-36/h4-5,14,18H,2-3,6-13,15-16H2,1H3. The monoisotopic (exact) mass is 556 g/mol. The van der Waals surface area contributed by atoms with Crippen molar-refractivity contribution in [2.24, 2.45) is 5.92 Å². The Kier molecular flexibility index (Phi) is 6.49. The van der Waals surface area contributed by atoms with E-state index in [-0.39, 0.29) is 32.8 Å². The van der Waals surface area contributed by atoms with Crippen LogP contribution >= 0.6 is 11.3 Å². The lowest BCUT2D eigenvalue weighted by atomic mass is 10.1. The summed E-state index contributed by atoms with van der Waals surface area (Å²) in [4.78, 5) is 18.1. The van der Waals surface area contributed by atoms with Gasteiger partial charge in [0.25, 0.3) is 0 Å². The molecule has 0 atom stereocenters. The van der Waals surface area contributed by atoms with E-state index < -0.39 is 11.6 Å². The topological polar surface area (TPSA) is 49.7 Å². The van der Waals surface area contributed by atoms with Gasteiger partial charge in [0.1, 0.15) is 5.82 Å². The van der Waals surface area contributed by atoms with Gasteiger partial charge in [0.15, 0.2) is 17.5 Å². The average Bonchev–Trinajstić information content (AvgIpc) is 3.63. The van der Waals surface area contributed by atoms with Crippen LogP contribution in [0, 0.1) is 24.5 Å². The molecule has 3 aromatic heterocycles. The Morgan fingerprint density at radius 3 is 2.49 bits per heavy atom. The van der Waals surface area contributed by atoms with E-state index in [1.807, 2.05) is 6.07 Å². The number of thiophene rings is 1. The summed E-state index contributed by atoms with van der Waals surface area (Å²) in [5, 5.41) is -0.137. The van der Waals surface area contributed by atoms with E-state index in [0.29, 0.717) is 37.6 Å². The number of benzene rings is 1. The molecule has 1 aliphatic carbocycles. The zero-order valence-corrected chi connectivity index (χ0v) is 22.7. The Morgan fingerprint density at radius 1 is 1.00 bits per heavy atom. The van der Waals surface area contributed by atoms with Crippen LogP contribution in [0.15, 0.2) is 18.2 Å². The third-order valence-electron chi connectivity index (χ3n) is 8.17. The zero-order valence-electron chi connectivity index (χ0n) is 21.9. The molecular formula is C28H31F3N6OS. The quantitative estimate of drug-likeness (QED) is 0.333. The lowest BCUT2D eigenvalue weighted by Gasteiger charge is -2.34. The molecule has 5 heterocycles. The van der Waals surface area contributed by atoms with Crippen molar-refractivity contribution in [1.82, 2.24) is 24.6 Å². The smallest absolute Gasteiger partial charge is 0.165 e. The molecule has 0 spiro atoms. The summed E-state index contributed by atoms with van der Waals surface area (Å²) in [5.74, 6) is 0.179. The fraction of sp³-hybridized carbons (Fsp3) is 0.500. The summed E-state index contributed by atoms with van der Waals surface area (Å²) < 4.78 is 51.6. The number of ether oxygens (including phenoxy) is 1. The van der Waals surface area contributed by atoms with Gasteiger partial charge in [-0.3, -0.25) is 4.90 Å². The van der Waals surface area contributed by atoms with Crippen molar-refractivity contribution in [3.05, 3.63) is 40.4 Å². The molecular weight excluding hydrogens is 525 g/mol. The summed E-state index contributed by atoms with van der Waals surface area (Å²) in [6.07, 6.45) is 2.75. The van der Waals surface area contributed by atoms with Gasteiger partial charge in [-0.1, -0.05) is 4.48 Å². The van der Waals surface area contributed by atoms with Crippen LogP contribution in [0.4, 0.5) is 19.1 Å². The van der Waals surface area contributed by atoms with Crippen LogP contribution in [-0.4, -0.2) is 83.6 Å². The zero-order chi connectivity index (χ0) is 26.7. The van der Waals surface area contributed by atoms with E-state index in [2.05, 4.69) is 14.7 Å². The SMILES string of the molecule is Cc1c(F)c2c(-c3nc(N4CCOCC4)c4sc(CN5CCN(CC6CC6)CC5)cc4n3)c(F)ccc2n1F. The molecule has 1 aromatic carbocycles. The first-order valence-corrected chi connectivity index (χ1v) is 14.5. The van der Waals surface area contributed by atoms with Crippen LogP contribution in [0.3, 0.4) is 0 Å². The fourth-order valence-electron chi connectivity index (χ4n) is 5.78. The predicted octanol–water partition coefficient (Wildman–Crippen LogP) is 5.00. The number of nitrogens with zero attached hydrogens (tertiary/aromatic N) is 6.